The molecule has 2 amide bonds. The zero-order valence-corrected chi connectivity index (χ0v) is 16.4. The summed E-state index contributed by atoms with van der Waals surface area (Å²) >= 11 is 0. The van der Waals surface area contributed by atoms with Crippen LogP contribution in [0.2, 0.25) is 0 Å². The lowest BCUT2D eigenvalue weighted by molar-refractivity contribution is -0.125. The summed E-state index contributed by atoms with van der Waals surface area (Å²) in [6.07, 6.45) is 1.44. The lowest BCUT2D eigenvalue weighted by Gasteiger charge is -2.24. The molecule has 1 aliphatic heterocycles. The van der Waals surface area contributed by atoms with Crippen molar-refractivity contribution in [1.82, 2.24) is 10.2 Å². The van der Waals surface area contributed by atoms with Gasteiger partial charge in [-0.25, -0.2) is 0 Å². The fourth-order valence-corrected chi connectivity index (χ4v) is 3.78. The van der Waals surface area contributed by atoms with E-state index in [1.165, 1.54) is 0 Å². The Bertz CT molecular complexity index is 993. The van der Waals surface area contributed by atoms with E-state index in [4.69, 9.17) is 9.15 Å². The second-order valence-electron chi connectivity index (χ2n) is 7.05. The quantitative estimate of drug-likeness (QED) is 0.693. The molecule has 150 valence electrons. The number of likely N-dealkylation sites (tertiary alicyclic amines) is 1. The van der Waals surface area contributed by atoms with Crippen molar-refractivity contribution in [3.63, 3.8) is 0 Å². The monoisotopic (exact) mass is 392 g/mol. The molecule has 0 bridgehead atoms. The Balaban J connectivity index is 1.45. The van der Waals surface area contributed by atoms with Crippen molar-refractivity contribution >= 4 is 22.8 Å². The minimum absolute atomic E-state index is 0.162. The van der Waals surface area contributed by atoms with E-state index in [9.17, 15) is 9.59 Å². The summed E-state index contributed by atoms with van der Waals surface area (Å²) in [5, 5.41) is 3.92. The van der Waals surface area contributed by atoms with E-state index in [-0.39, 0.29) is 11.8 Å². The van der Waals surface area contributed by atoms with Gasteiger partial charge in [0.15, 0.2) is 0 Å². The number of para-hydroxylation sites is 2. The van der Waals surface area contributed by atoms with Crippen LogP contribution in [0.4, 0.5) is 0 Å². The first kappa shape index (κ1) is 19.1. The van der Waals surface area contributed by atoms with E-state index >= 15 is 0 Å². The number of ether oxygens (including phenoxy) is 1. The number of hydrogen-bond donors (Lipinski definition) is 1. The lowest BCUT2D eigenvalue weighted by atomic mass is 10.1. The molecule has 2 aromatic carbocycles. The van der Waals surface area contributed by atoms with Crippen LogP contribution in [0.15, 0.2) is 59.0 Å². The first-order valence-corrected chi connectivity index (χ1v) is 9.95. The molecule has 2 heterocycles. The molecule has 0 radical (unpaired) electrons. The Morgan fingerprint density at radius 2 is 1.97 bits per heavy atom. The topological polar surface area (TPSA) is 71.8 Å². The van der Waals surface area contributed by atoms with Gasteiger partial charge < -0.3 is 19.4 Å². The van der Waals surface area contributed by atoms with Gasteiger partial charge in [-0.05, 0) is 44.0 Å². The van der Waals surface area contributed by atoms with Crippen LogP contribution < -0.4 is 10.1 Å². The molecule has 3 aromatic rings. The minimum Gasteiger partial charge on any atom is -0.493 e. The molecule has 1 saturated heterocycles. The molecule has 0 spiro atoms. The minimum atomic E-state index is -0.485. The Hall–Kier alpha value is -3.28. The smallest absolute Gasteiger partial charge is 0.258 e. The molecule has 0 aliphatic carbocycles. The second kappa shape index (κ2) is 8.39. The van der Waals surface area contributed by atoms with Gasteiger partial charge in [-0.3, -0.25) is 9.59 Å². The molecule has 1 aromatic heterocycles. The first-order valence-electron chi connectivity index (χ1n) is 9.95. The lowest BCUT2D eigenvalue weighted by Crippen LogP contribution is -2.45. The van der Waals surface area contributed by atoms with Crippen LogP contribution in [0.3, 0.4) is 0 Å². The zero-order valence-electron chi connectivity index (χ0n) is 16.4. The number of carbonyl (C=O) groups is 2. The summed E-state index contributed by atoms with van der Waals surface area (Å²) < 4.78 is 11.3. The number of furan rings is 1. The van der Waals surface area contributed by atoms with Crippen LogP contribution in [-0.4, -0.2) is 35.9 Å². The van der Waals surface area contributed by atoms with Crippen molar-refractivity contribution in [2.24, 2.45) is 0 Å². The number of benzene rings is 2. The van der Waals surface area contributed by atoms with Gasteiger partial charge in [0.2, 0.25) is 5.91 Å². The molecule has 1 unspecified atom stereocenters. The second-order valence-corrected chi connectivity index (χ2v) is 7.05. The first-order chi connectivity index (χ1) is 14.2. The van der Waals surface area contributed by atoms with Crippen molar-refractivity contribution in [2.75, 3.05) is 13.2 Å². The Morgan fingerprint density at radius 1 is 1.17 bits per heavy atom. The van der Waals surface area contributed by atoms with Crippen LogP contribution in [0.1, 0.15) is 35.9 Å². The normalized spacial score (nSPS) is 16.2. The van der Waals surface area contributed by atoms with Crippen molar-refractivity contribution in [3.8, 4) is 5.75 Å². The van der Waals surface area contributed by atoms with Crippen LogP contribution in [-0.2, 0) is 11.3 Å². The number of hydrogen-bond acceptors (Lipinski definition) is 4. The van der Waals surface area contributed by atoms with Crippen molar-refractivity contribution in [2.45, 2.75) is 32.4 Å². The predicted octanol–water partition coefficient (Wildman–Crippen LogP) is 3.75. The van der Waals surface area contributed by atoms with Crippen molar-refractivity contribution < 1.29 is 18.7 Å². The van der Waals surface area contributed by atoms with Crippen molar-refractivity contribution in [3.05, 3.63) is 65.9 Å². The van der Waals surface area contributed by atoms with E-state index in [0.29, 0.717) is 43.2 Å². The van der Waals surface area contributed by atoms with Gasteiger partial charge in [-0.1, -0.05) is 30.3 Å². The Morgan fingerprint density at radius 3 is 2.79 bits per heavy atom. The van der Waals surface area contributed by atoms with Crippen LogP contribution in [0, 0.1) is 0 Å². The summed E-state index contributed by atoms with van der Waals surface area (Å²) in [5.41, 5.74) is 1.29. The van der Waals surface area contributed by atoms with E-state index in [2.05, 4.69) is 5.32 Å². The highest BCUT2D eigenvalue weighted by Gasteiger charge is 2.35. The number of amides is 2. The number of nitrogens with one attached hydrogen (secondary N) is 1. The van der Waals surface area contributed by atoms with Gasteiger partial charge in [0.25, 0.3) is 5.91 Å². The molecule has 0 saturated carbocycles. The summed E-state index contributed by atoms with van der Waals surface area (Å²) in [7, 11) is 0. The predicted molar refractivity (Wildman–Crippen MR) is 110 cm³/mol. The Kier molecular flexibility index (Phi) is 5.51. The molecule has 1 aliphatic rings. The highest BCUT2D eigenvalue weighted by molar-refractivity contribution is 6.00. The van der Waals surface area contributed by atoms with Crippen LogP contribution in [0.25, 0.3) is 11.0 Å². The van der Waals surface area contributed by atoms with Crippen LogP contribution >= 0.6 is 0 Å². The van der Waals surface area contributed by atoms with Gasteiger partial charge in [0.1, 0.15) is 23.1 Å². The maximum atomic E-state index is 13.1. The number of nitrogens with zero attached hydrogens (tertiary/aromatic N) is 1. The summed E-state index contributed by atoms with van der Waals surface area (Å²) in [6, 6.07) is 16.3. The molecule has 29 heavy (non-hydrogen) atoms. The van der Waals surface area contributed by atoms with Gasteiger partial charge in [-0.15, -0.1) is 0 Å². The van der Waals surface area contributed by atoms with E-state index in [0.717, 1.165) is 17.4 Å². The summed E-state index contributed by atoms with van der Waals surface area (Å²) in [6.45, 7) is 3.21. The average molecular weight is 392 g/mol. The van der Waals surface area contributed by atoms with E-state index in [1.54, 1.807) is 17.0 Å². The molecular formula is C23H24N2O4. The average Bonchev–Trinajstić information content (AvgIpc) is 3.39. The SMILES string of the molecule is CCOc1ccccc1C(=O)N1CCCC1C(=O)NCc1cc2ccccc2o1. The van der Waals surface area contributed by atoms with Gasteiger partial charge in [-0.2, -0.15) is 0 Å². The standard InChI is InChI=1S/C23H24N2O4/c1-2-28-21-12-6-4-9-18(21)23(27)25-13-7-10-19(25)22(26)24-15-17-14-16-8-3-5-11-20(16)29-17/h3-6,8-9,11-12,14,19H,2,7,10,13,15H2,1H3,(H,24,26). The fourth-order valence-electron chi connectivity index (χ4n) is 3.78. The molecule has 6 nitrogen and oxygen atoms in total. The van der Waals surface area contributed by atoms with Gasteiger partial charge >= 0.3 is 0 Å². The third kappa shape index (κ3) is 3.97. The van der Waals surface area contributed by atoms with E-state index in [1.807, 2.05) is 49.4 Å². The third-order valence-corrected chi connectivity index (χ3v) is 5.15. The molecular weight excluding hydrogens is 368 g/mol. The highest BCUT2D eigenvalue weighted by Crippen LogP contribution is 2.26. The van der Waals surface area contributed by atoms with Crippen LogP contribution in [0.5, 0.6) is 5.75 Å². The maximum Gasteiger partial charge on any atom is 0.258 e. The molecule has 1 N–H and O–H groups in total. The summed E-state index contributed by atoms with van der Waals surface area (Å²) in [5.74, 6) is 0.908. The third-order valence-electron chi connectivity index (χ3n) is 5.15. The molecule has 6 heteroatoms. The maximum absolute atomic E-state index is 13.1. The number of rotatable bonds is 6. The van der Waals surface area contributed by atoms with Gasteiger partial charge in [0.05, 0.1) is 18.7 Å². The van der Waals surface area contributed by atoms with E-state index < -0.39 is 6.04 Å². The number of carbonyl (C=O) groups excluding carboxylic acids is 2. The summed E-state index contributed by atoms with van der Waals surface area (Å²) in [4.78, 5) is 27.6. The zero-order chi connectivity index (χ0) is 20.2. The molecule has 1 atom stereocenters. The largest absolute Gasteiger partial charge is 0.493 e. The van der Waals surface area contributed by atoms with Crippen molar-refractivity contribution in [1.29, 1.82) is 0 Å². The molecule has 4 rings (SSSR count). The van der Waals surface area contributed by atoms with Gasteiger partial charge in [0, 0.05) is 11.9 Å². The fraction of sp³-hybridized carbons (Fsp3) is 0.304. The number of fused-ring (bicyclic) bond motifs is 1. The highest BCUT2D eigenvalue weighted by atomic mass is 16.5. The molecule has 1 fully saturated rings. The Labute approximate surface area is 169 Å².